The smallest absolute Gasteiger partial charge is 0.0535 e. The predicted molar refractivity (Wildman–Crippen MR) is 92.9 cm³/mol. The molecule has 0 amide bonds. The van der Waals surface area contributed by atoms with E-state index >= 15 is 0 Å². The van der Waals surface area contributed by atoms with Crippen LogP contribution in [-0.2, 0) is 5.54 Å². The van der Waals surface area contributed by atoms with Gasteiger partial charge in [-0.1, -0.05) is 30.3 Å². The average Bonchev–Trinajstić information content (AvgIpc) is 2.91. The molecule has 3 heteroatoms. The Kier molecular flexibility index (Phi) is 4.92. The van der Waals surface area contributed by atoms with Crippen LogP contribution in [0, 0.1) is 0 Å². The van der Waals surface area contributed by atoms with Gasteiger partial charge in [0.05, 0.1) is 5.54 Å². The third-order valence-corrected chi connectivity index (χ3v) is 6.37. The van der Waals surface area contributed by atoms with Gasteiger partial charge in [0.15, 0.2) is 0 Å². The number of hydrogen-bond acceptors (Lipinski definition) is 3. The van der Waals surface area contributed by atoms with Gasteiger partial charge in [-0.2, -0.15) is 11.8 Å². The summed E-state index contributed by atoms with van der Waals surface area (Å²) < 4.78 is 0. The molecule has 2 fully saturated rings. The molecule has 1 N–H and O–H groups in total. The van der Waals surface area contributed by atoms with E-state index < -0.39 is 0 Å². The quantitative estimate of drug-likeness (QED) is 0.920. The molecule has 3 atom stereocenters. The molecule has 1 saturated heterocycles. The first kappa shape index (κ1) is 15.4. The van der Waals surface area contributed by atoms with Gasteiger partial charge in [-0.3, -0.25) is 4.90 Å². The molecule has 1 heterocycles. The van der Waals surface area contributed by atoms with E-state index in [4.69, 9.17) is 0 Å². The zero-order valence-corrected chi connectivity index (χ0v) is 14.2. The standard InChI is InChI=1S/C18H28N2S/c1-18(15-7-4-3-5-8-15)14-20(12-6-11-19-18)16-9-10-17(13-16)21-2/h3-5,7-8,16-17,19H,6,9-14H2,1-2H3. The molecule has 2 nitrogen and oxygen atoms in total. The Balaban J connectivity index is 1.75. The fraction of sp³-hybridized carbons (Fsp3) is 0.667. The van der Waals surface area contributed by atoms with Crippen molar-refractivity contribution in [1.29, 1.82) is 0 Å². The lowest BCUT2D eigenvalue weighted by atomic mass is 9.91. The van der Waals surface area contributed by atoms with Crippen molar-refractivity contribution < 1.29 is 0 Å². The molecular weight excluding hydrogens is 276 g/mol. The number of nitrogens with zero attached hydrogens (tertiary/aromatic N) is 1. The number of nitrogens with one attached hydrogen (secondary N) is 1. The summed E-state index contributed by atoms with van der Waals surface area (Å²) in [5.74, 6) is 0. The van der Waals surface area contributed by atoms with Crippen LogP contribution in [0.4, 0.5) is 0 Å². The van der Waals surface area contributed by atoms with Crippen LogP contribution in [0.25, 0.3) is 0 Å². The van der Waals surface area contributed by atoms with Crippen LogP contribution < -0.4 is 5.32 Å². The molecule has 1 aliphatic carbocycles. The molecule has 0 radical (unpaired) electrons. The number of thioether (sulfide) groups is 1. The van der Waals surface area contributed by atoms with Crippen molar-refractivity contribution >= 4 is 11.8 Å². The van der Waals surface area contributed by atoms with E-state index in [1.165, 1.54) is 37.8 Å². The number of hydrogen-bond donors (Lipinski definition) is 1. The van der Waals surface area contributed by atoms with Crippen molar-refractivity contribution in [3.8, 4) is 0 Å². The molecule has 21 heavy (non-hydrogen) atoms. The molecule has 3 unspecified atom stereocenters. The summed E-state index contributed by atoms with van der Waals surface area (Å²) in [6.45, 7) is 5.90. The Morgan fingerprint density at radius 3 is 2.76 bits per heavy atom. The van der Waals surface area contributed by atoms with Gasteiger partial charge in [-0.15, -0.1) is 0 Å². The number of benzene rings is 1. The predicted octanol–water partition coefficient (Wildman–Crippen LogP) is 3.48. The topological polar surface area (TPSA) is 15.3 Å². The van der Waals surface area contributed by atoms with Crippen LogP contribution in [0.15, 0.2) is 30.3 Å². The molecule has 116 valence electrons. The Morgan fingerprint density at radius 2 is 2.05 bits per heavy atom. The Labute approximate surface area is 133 Å². The second-order valence-corrected chi connectivity index (χ2v) is 7.91. The second kappa shape index (κ2) is 6.72. The molecule has 0 spiro atoms. The zero-order valence-electron chi connectivity index (χ0n) is 13.3. The molecule has 0 bridgehead atoms. The van der Waals surface area contributed by atoms with Crippen molar-refractivity contribution in [2.24, 2.45) is 0 Å². The molecule has 1 aromatic rings. The summed E-state index contributed by atoms with van der Waals surface area (Å²) in [7, 11) is 0. The van der Waals surface area contributed by atoms with Crippen LogP contribution in [-0.4, -0.2) is 42.1 Å². The van der Waals surface area contributed by atoms with Crippen LogP contribution in [0.3, 0.4) is 0 Å². The van der Waals surface area contributed by atoms with Crippen LogP contribution in [0.2, 0.25) is 0 Å². The normalized spacial score (nSPS) is 34.8. The van der Waals surface area contributed by atoms with E-state index in [1.54, 1.807) is 0 Å². The molecule has 1 aromatic carbocycles. The third-order valence-electron chi connectivity index (χ3n) is 5.27. The highest BCUT2D eigenvalue weighted by atomic mass is 32.2. The van der Waals surface area contributed by atoms with Gasteiger partial charge in [0, 0.05) is 17.8 Å². The summed E-state index contributed by atoms with van der Waals surface area (Å²) in [5.41, 5.74) is 1.52. The summed E-state index contributed by atoms with van der Waals surface area (Å²) in [6, 6.07) is 11.8. The molecule has 1 aliphatic heterocycles. The lowest BCUT2D eigenvalue weighted by Crippen LogP contribution is -2.48. The third kappa shape index (κ3) is 3.46. The van der Waals surface area contributed by atoms with Gasteiger partial charge >= 0.3 is 0 Å². The van der Waals surface area contributed by atoms with Crippen molar-refractivity contribution in [1.82, 2.24) is 10.2 Å². The van der Waals surface area contributed by atoms with Gasteiger partial charge in [0.2, 0.25) is 0 Å². The fourth-order valence-corrected chi connectivity index (χ4v) is 4.75. The van der Waals surface area contributed by atoms with Crippen LogP contribution in [0.5, 0.6) is 0 Å². The Morgan fingerprint density at radius 1 is 1.24 bits per heavy atom. The maximum Gasteiger partial charge on any atom is 0.0535 e. The highest BCUT2D eigenvalue weighted by Gasteiger charge is 2.36. The van der Waals surface area contributed by atoms with E-state index in [9.17, 15) is 0 Å². The highest BCUT2D eigenvalue weighted by Crippen LogP contribution is 2.34. The van der Waals surface area contributed by atoms with Gasteiger partial charge < -0.3 is 5.32 Å². The van der Waals surface area contributed by atoms with Gasteiger partial charge in [0.25, 0.3) is 0 Å². The minimum absolute atomic E-state index is 0.0925. The summed E-state index contributed by atoms with van der Waals surface area (Å²) in [6.07, 6.45) is 7.70. The first-order valence-corrected chi connectivity index (χ1v) is 9.57. The Bertz CT molecular complexity index is 450. The van der Waals surface area contributed by atoms with Gasteiger partial charge in [0.1, 0.15) is 0 Å². The minimum atomic E-state index is 0.0925. The monoisotopic (exact) mass is 304 g/mol. The first-order chi connectivity index (χ1) is 10.2. The van der Waals surface area contributed by atoms with Gasteiger partial charge in [-0.25, -0.2) is 0 Å². The van der Waals surface area contributed by atoms with Crippen molar-refractivity contribution in [3.05, 3.63) is 35.9 Å². The lowest BCUT2D eigenvalue weighted by molar-refractivity contribution is 0.164. The van der Waals surface area contributed by atoms with E-state index in [0.29, 0.717) is 0 Å². The zero-order chi connectivity index (χ0) is 14.7. The summed E-state index contributed by atoms with van der Waals surface area (Å²) in [5, 5.41) is 4.69. The fourth-order valence-electron chi connectivity index (χ4n) is 3.96. The first-order valence-electron chi connectivity index (χ1n) is 8.29. The summed E-state index contributed by atoms with van der Waals surface area (Å²) in [4.78, 5) is 2.77. The van der Waals surface area contributed by atoms with Crippen molar-refractivity contribution in [2.75, 3.05) is 25.9 Å². The molecular formula is C18H28N2S. The SMILES string of the molecule is CSC1CCC(N2CCCNC(C)(c3ccccc3)C2)C1. The maximum atomic E-state index is 3.81. The van der Waals surface area contributed by atoms with E-state index in [0.717, 1.165) is 24.4 Å². The van der Waals surface area contributed by atoms with Crippen molar-refractivity contribution in [3.63, 3.8) is 0 Å². The highest BCUT2D eigenvalue weighted by molar-refractivity contribution is 7.99. The van der Waals surface area contributed by atoms with Crippen LogP contribution >= 0.6 is 11.8 Å². The average molecular weight is 305 g/mol. The van der Waals surface area contributed by atoms with E-state index in [2.05, 4.69) is 65.5 Å². The molecule has 3 rings (SSSR count). The second-order valence-electron chi connectivity index (χ2n) is 6.77. The number of rotatable bonds is 3. The lowest BCUT2D eigenvalue weighted by Gasteiger charge is -2.37. The Hall–Kier alpha value is -0.510. The maximum absolute atomic E-state index is 3.81. The summed E-state index contributed by atoms with van der Waals surface area (Å²) >= 11 is 2.06. The van der Waals surface area contributed by atoms with Crippen molar-refractivity contribution in [2.45, 2.75) is 49.4 Å². The molecule has 1 saturated carbocycles. The van der Waals surface area contributed by atoms with Crippen LogP contribution in [0.1, 0.15) is 38.2 Å². The van der Waals surface area contributed by atoms with Gasteiger partial charge in [-0.05, 0) is 57.5 Å². The molecule has 0 aromatic heterocycles. The molecule has 2 aliphatic rings. The van der Waals surface area contributed by atoms with E-state index in [-0.39, 0.29) is 5.54 Å². The largest absolute Gasteiger partial charge is 0.307 e. The van der Waals surface area contributed by atoms with E-state index in [1.807, 2.05) is 0 Å². The minimum Gasteiger partial charge on any atom is -0.307 e.